The van der Waals surface area contributed by atoms with Crippen LogP contribution >= 0.6 is 23.2 Å². The highest BCUT2D eigenvalue weighted by atomic mass is 35.5. The third-order valence-corrected chi connectivity index (χ3v) is 3.85. The summed E-state index contributed by atoms with van der Waals surface area (Å²) in [5.41, 5.74) is 0.504. The van der Waals surface area contributed by atoms with Gasteiger partial charge in [0.05, 0.1) is 16.5 Å². The van der Waals surface area contributed by atoms with Crippen LogP contribution in [0.15, 0.2) is 30.4 Å². The second-order valence-corrected chi connectivity index (χ2v) is 5.62. The smallest absolute Gasteiger partial charge is 0.306 e. The van der Waals surface area contributed by atoms with Gasteiger partial charge in [-0.3, -0.25) is 9.59 Å². The molecule has 0 fully saturated rings. The van der Waals surface area contributed by atoms with Crippen molar-refractivity contribution >= 4 is 40.8 Å². The third-order valence-electron chi connectivity index (χ3n) is 3.11. The molecule has 0 heterocycles. The van der Waals surface area contributed by atoms with Gasteiger partial charge in [-0.25, -0.2) is 0 Å². The fraction of sp³-hybridized carbons (Fsp3) is 0.333. The van der Waals surface area contributed by atoms with Gasteiger partial charge in [0.2, 0.25) is 0 Å². The fourth-order valence-corrected chi connectivity index (χ4v) is 2.35. The summed E-state index contributed by atoms with van der Waals surface area (Å²) in [4.78, 5) is 23.3. The van der Waals surface area contributed by atoms with Crippen molar-refractivity contribution in [1.82, 2.24) is 0 Å². The van der Waals surface area contributed by atoms with Gasteiger partial charge in [-0.15, -0.1) is 0 Å². The van der Waals surface area contributed by atoms with Crippen molar-refractivity contribution in [3.05, 3.63) is 40.4 Å². The van der Waals surface area contributed by atoms with Crippen LogP contribution in [0.5, 0.6) is 0 Å². The van der Waals surface area contributed by atoms with Gasteiger partial charge in [0.1, 0.15) is 0 Å². The summed E-state index contributed by atoms with van der Waals surface area (Å²) < 4.78 is 4.95. The molecule has 1 aromatic carbocycles. The molecule has 1 aliphatic rings. The third kappa shape index (κ3) is 5.06. The van der Waals surface area contributed by atoms with Crippen molar-refractivity contribution in [2.24, 2.45) is 5.92 Å². The van der Waals surface area contributed by atoms with Gasteiger partial charge < -0.3 is 10.1 Å². The minimum atomic E-state index is -0.413. The highest BCUT2D eigenvalue weighted by Gasteiger charge is 2.16. The van der Waals surface area contributed by atoms with Gasteiger partial charge in [0, 0.05) is 5.69 Å². The molecule has 2 rings (SSSR count). The van der Waals surface area contributed by atoms with E-state index in [0.29, 0.717) is 22.2 Å². The Bertz CT molecular complexity index is 572. The fourth-order valence-electron chi connectivity index (χ4n) is 2.06. The first-order valence-electron chi connectivity index (χ1n) is 6.62. The average molecular weight is 328 g/mol. The topological polar surface area (TPSA) is 55.4 Å². The van der Waals surface area contributed by atoms with Crippen molar-refractivity contribution in [3.63, 3.8) is 0 Å². The van der Waals surface area contributed by atoms with Gasteiger partial charge in [-0.05, 0) is 37.0 Å². The van der Waals surface area contributed by atoms with Crippen molar-refractivity contribution in [2.75, 3.05) is 11.9 Å². The van der Waals surface area contributed by atoms with E-state index in [-0.39, 0.29) is 18.5 Å². The highest BCUT2D eigenvalue weighted by Crippen LogP contribution is 2.25. The molecule has 1 aromatic rings. The zero-order valence-corrected chi connectivity index (χ0v) is 12.8. The highest BCUT2D eigenvalue weighted by molar-refractivity contribution is 6.42. The number of halogens is 2. The molecule has 112 valence electrons. The molecule has 0 unspecified atom stereocenters. The van der Waals surface area contributed by atoms with Gasteiger partial charge in [-0.2, -0.15) is 0 Å². The first-order valence-corrected chi connectivity index (χ1v) is 7.37. The van der Waals surface area contributed by atoms with Crippen molar-refractivity contribution in [3.8, 4) is 0 Å². The molecule has 1 amide bonds. The summed E-state index contributed by atoms with van der Waals surface area (Å²) in [6, 6.07) is 4.74. The van der Waals surface area contributed by atoms with E-state index >= 15 is 0 Å². The number of rotatable bonds is 5. The van der Waals surface area contributed by atoms with Gasteiger partial charge in [0.25, 0.3) is 5.91 Å². The zero-order chi connectivity index (χ0) is 15.2. The van der Waals surface area contributed by atoms with Gasteiger partial charge in [-0.1, -0.05) is 35.4 Å². The van der Waals surface area contributed by atoms with E-state index in [0.717, 1.165) is 12.8 Å². The standard InChI is InChI=1S/C15H15Cl2NO3/c16-12-6-5-11(8-13(12)17)18-14(19)9-21-15(20)7-10-3-1-2-4-10/h1,3,5-6,8,10H,2,4,7,9H2,(H,18,19)/t10-/m0/s1. The SMILES string of the molecule is O=C(COC(=O)C[C@H]1C=CCC1)Nc1ccc(Cl)c(Cl)c1. The zero-order valence-electron chi connectivity index (χ0n) is 11.3. The number of carbonyl (C=O) groups is 2. The van der Waals surface area contributed by atoms with Crippen LogP contribution in [0.4, 0.5) is 5.69 Å². The Morgan fingerprint density at radius 3 is 2.76 bits per heavy atom. The molecule has 0 aromatic heterocycles. The van der Waals surface area contributed by atoms with E-state index in [9.17, 15) is 9.59 Å². The lowest BCUT2D eigenvalue weighted by Crippen LogP contribution is -2.21. The molecule has 6 heteroatoms. The number of hydrogen-bond acceptors (Lipinski definition) is 3. The largest absolute Gasteiger partial charge is 0.456 e. The summed E-state index contributed by atoms with van der Waals surface area (Å²) >= 11 is 11.6. The van der Waals surface area contributed by atoms with Crippen LogP contribution in [0, 0.1) is 5.92 Å². The van der Waals surface area contributed by atoms with Crippen LogP contribution in [-0.2, 0) is 14.3 Å². The van der Waals surface area contributed by atoms with Crippen LogP contribution in [0.2, 0.25) is 10.0 Å². The summed E-state index contributed by atoms with van der Waals surface area (Å²) in [6.07, 6.45) is 6.34. The van der Waals surface area contributed by atoms with E-state index < -0.39 is 5.91 Å². The molecule has 1 aliphatic carbocycles. The Balaban J connectivity index is 1.75. The number of allylic oxidation sites excluding steroid dienone is 2. The number of nitrogens with one attached hydrogen (secondary N) is 1. The lowest BCUT2D eigenvalue weighted by atomic mass is 10.1. The number of esters is 1. The van der Waals surface area contributed by atoms with E-state index in [1.54, 1.807) is 12.1 Å². The van der Waals surface area contributed by atoms with E-state index in [1.807, 2.05) is 6.08 Å². The Morgan fingerprint density at radius 1 is 1.29 bits per heavy atom. The maximum Gasteiger partial charge on any atom is 0.306 e. The first kappa shape index (κ1) is 15.9. The molecule has 0 aliphatic heterocycles. The predicted octanol–water partition coefficient (Wildman–Crippen LogP) is 3.83. The number of anilines is 1. The maximum absolute atomic E-state index is 11.7. The molecule has 1 atom stereocenters. The molecule has 0 bridgehead atoms. The number of ether oxygens (including phenoxy) is 1. The number of carbonyl (C=O) groups excluding carboxylic acids is 2. The Morgan fingerprint density at radius 2 is 2.10 bits per heavy atom. The van der Waals surface area contributed by atoms with Gasteiger partial charge >= 0.3 is 5.97 Å². The molecule has 0 radical (unpaired) electrons. The van der Waals surface area contributed by atoms with Crippen LogP contribution in [0.1, 0.15) is 19.3 Å². The molecule has 0 saturated heterocycles. The predicted molar refractivity (Wildman–Crippen MR) is 82.5 cm³/mol. The summed E-state index contributed by atoms with van der Waals surface area (Å²) in [5, 5.41) is 3.34. The summed E-state index contributed by atoms with van der Waals surface area (Å²) in [7, 11) is 0. The van der Waals surface area contributed by atoms with Crippen LogP contribution in [0.3, 0.4) is 0 Å². The summed E-state index contributed by atoms with van der Waals surface area (Å²) in [5.74, 6) is -0.546. The van der Waals surface area contributed by atoms with E-state index in [4.69, 9.17) is 27.9 Å². The molecular formula is C15H15Cl2NO3. The molecule has 21 heavy (non-hydrogen) atoms. The summed E-state index contributed by atoms with van der Waals surface area (Å²) in [6.45, 7) is -0.310. The van der Waals surface area contributed by atoms with E-state index in [1.165, 1.54) is 6.07 Å². The molecule has 4 nitrogen and oxygen atoms in total. The Kier molecular flexibility index (Phi) is 5.65. The van der Waals surface area contributed by atoms with Crippen molar-refractivity contribution < 1.29 is 14.3 Å². The number of benzene rings is 1. The quantitative estimate of drug-likeness (QED) is 0.660. The normalized spacial score (nSPS) is 16.8. The minimum Gasteiger partial charge on any atom is -0.456 e. The lowest BCUT2D eigenvalue weighted by molar-refractivity contribution is -0.147. The van der Waals surface area contributed by atoms with E-state index in [2.05, 4.69) is 11.4 Å². The maximum atomic E-state index is 11.7. The van der Waals surface area contributed by atoms with Crippen molar-refractivity contribution in [2.45, 2.75) is 19.3 Å². The molecule has 0 saturated carbocycles. The van der Waals surface area contributed by atoms with Crippen LogP contribution < -0.4 is 5.32 Å². The Hall–Kier alpha value is -1.52. The lowest BCUT2D eigenvalue weighted by Gasteiger charge is -2.09. The number of amides is 1. The second kappa shape index (κ2) is 7.48. The van der Waals surface area contributed by atoms with Crippen LogP contribution in [-0.4, -0.2) is 18.5 Å². The molecular weight excluding hydrogens is 313 g/mol. The molecule has 0 spiro atoms. The van der Waals surface area contributed by atoms with Gasteiger partial charge in [0.15, 0.2) is 6.61 Å². The Labute approximate surface area is 133 Å². The number of hydrogen-bond donors (Lipinski definition) is 1. The van der Waals surface area contributed by atoms with Crippen LogP contribution in [0.25, 0.3) is 0 Å². The monoisotopic (exact) mass is 327 g/mol. The second-order valence-electron chi connectivity index (χ2n) is 4.81. The minimum absolute atomic E-state index is 0.232. The van der Waals surface area contributed by atoms with Crippen molar-refractivity contribution in [1.29, 1.82) is 0 Å². The molecule has 1 N–H and O–H groups in total. The average Bonchev–Trinajstić information content (AvgIpc) is 2.93. The first-order chi connectivity index (χ1) is 10.0.